The first-order valence-electron chi connectivity index (χ1n) is 33.3. The van der Waals surface area contributed by atoms with Gasteiger partial charge in [-0.25, -0.2) is 0 Å². The predicted octanol–water partition coefficient (Wildman–Crippen LogP) is 12.9. The second-order valence-corrected chi connectivity index (χ2v) is 22.9. The Kier molecular flexibility index (Phi) is 49.7. The fourth-order valence-corrected chi connectivity index (χ4v) is 10.1. The Balaban J connectivity index is 1.61. The highest BCUT2D eigenvalue weighted by Crippen LogP contribution is 2.30. The van der Waals surface area contributed by atoms with E-state index in [1.807, 2.05) is 6.08 Å². The fraction of sp³-hybridized carbons (Fsp3) is 0.704. The van der Waals surface area contributed by atoms with Gasteiger partial charge in [0, 0.05) is 6.42 Å². The molecule has 2 saturated heterocycles. The molecule has 0 saturated carbocycles. The molecule has 0 aliphatic carbocycles. The Morgan fingerprint density at radius 3 is 1.25 bits per heavy atom. The van der Waals surface area contributed by atoms with Crippen LogP contribution in [0.2, 0.25) is 0 Å². The third-order valence-corrected chi connectivity index (χ3v) is 15.4. The van der Waals surface area contributed by atoms with Gasteiger partial charge in [0.25, 0.3) is 0 Å². The summed E-state index contributed by atoms with van der Waals surface area (Å²) in [6.45, 7) is 2.66. The van der Waals surface area contributed by atoms with Gasteiger partial charge in [0.05, 0.1) is 32.0 Å². The molecular weight excluding hydrogens is 1070 g/mol. The summed E-state index contributed by atoms with van der Waals surface area (Å²) in [5.41, 5.74) is 0. The minimum atomic E-state index is -1.79. The number of aliphatic hydroxyl groups is 8. The third kappa shape index (κ3) is 39.1. The standard InChI is InChI=1S/C71H119NO13/c1-3-5-7-9-11-13-15-17-18-19-20-21-22-23-24-25-26-27-28-29-30-31-32-33-34-35-36-37-38-39-40-41-42-43-45-47-49-51-53-55-63(76)72-59(60(75)54-52-50-48-46-44-16-14-12-10-8-6-4-2)58-82-70-68(81)66(79)69(62(57-74)84-70)85-71-67(80)65(78)64(77)61(56-73)83-71/h5,7,11,13,17-18,20-21,23-24,26-27,29-30,32-33,35-36,52,54,59-62,64-71,73-75,77-81H,3-4,6,8-10,12,14-16,19,22,25,28,31,34,37-51,53,55-58H2,1-2H3,(H,72,76)/b7-5-,13-11-,18-17-,21-20-,24-23-,27-26-,30-29-,33-32-,36-35-,54-52+. The average Bonchev–Trinajstić information content (AvgIpc) is 3.60. The number of allylic oxidation sites excluding steroid dienone is 19. The normalized spacial score (nSPS) is 24.4. The lowest BCUT2D eigenvalue weighted by atomic mass is 9.97. The number of unbranched alkanes of at least 4 members (excludes halogenated alkanes) is 21. The number of ether oxygens (including phenoxy) is 4. The summed E-state index contributed by atoms with van der Waals surface area (Å²) in [5, 5.41) is 87.1. The van der Waals surface area contributed by atoms with Gasteiger partial charge in [0.15, 0.2) is 12.6 Å². The summed E-state index contributed by atoms with van der Waals surface area (Å²) in [6, 6.07) is -0.923. The van der Waals surface area contributed by atoms with Crippen molar-refractivity contribution < 1.29 is 64.6 Å². The largest absolute Gasteiger partial charge is 0.394 e. The summed E-state index contributed by atoms with van der Waals surface area (Å²) >= 11 is 0. The van der Waals surface area contributed by atoms with Gasteiger partial charge >= 0.3 is 0 Å². The average molecular weight is 1190 g/mol. The molecule has 0 spiro atoms. The van der Waals surface area contributed by atoms with E-state index in [0.29, 0.717) is 6.42 Å². The van der Waals surface area contributed by atoms with Crippen LogP contribution in [0.25, 0.3) is 0 Å². The summed E-state index contributed by atoms with van der Waals surface area (Å²) in [5.74, 6) is -0.248. The minimum Gasteiger partial charge on any atom is -0.394 e. The number of rotatable bonds is 52. The van der Waals surface area contributed by atoms with Crippen molar-refractivity contribution in [2.75, 3.05) is 19.8 Å². The quantitative estimate of drug-likeness (QED) is 0.0204. The fourth-order valence-electron chi connectivity index (χ4n) is 10.1. The predicted molar refractivity (Wildman–Crippen MR) is 345 cm³/mol. The molecule has 2 fully saturated rings. The second-order valence-electron chi connectivity index (χ2n) is 22.9. The number of carbonyl (C=O) groups is 1. The maximum Gasteiger partial charge on any atom is 0.220 e. The van der Waals surface area contributed by atoms with Gasteiger partial charge in [-0.3, -0.25) is 4.79 Å². The molecule has 2 rings (SSSR count). The molecule has 0 aromatic heterocycles. The number of aliphatic hydroxyl groups excluding tert-OH is 8. The van der Waals surface area contributed by atoms with Crippen molar-refractivity contribution in [1.82, 2.24) is 5.32 Å². The van der Waals surface area contributed by atoms with E-state index in [4.69, 9.17) is 18.9 Å². The number of amides is 1. The van der Waals surface area contributed by atoms with E-state index in [0.717, 1.165) is 103 Å². The zero-order valence-corrected chi connectivity index (χ0v) is 52.6. The number of carbonyl (C=O) groups excluding carboxylic acids is 1. The molecule has 85 heavy (non-hydrogen) atoms. The summed E-state index contributed by atoms with van der Waals surface area (Å²) in [6.07, 6.45) is 62.6. The molecule has 1 amide bonds. The van der Waals surface area contributed by atoms with Crippen LogP contribution < -0.4 is 5.32 Å². The number of hydrogen-bond acceptors (Lipinski definition) is 13. The molecule has 9 N–H and O–H groups in total. The number of hydrogen-bond donors (Lipinski definition) is 9. The second kappa shape index (κ2) is 54.5. The van der Waals surface area contributed by atoms with Crippen molar-refractivity contribution in [2.45, 2.75) is 299 Å². The van der Waals surface area contributed by atoms with Gasteiger partial charge in [-0.15, -0.1) is 0 Å². The zero-order valence-electron chi connectivity index (χ0n) is 52.6. The van der Waals surface area contributed by atoms with E-state index >= 15 is 0 Å². The van der Waals surface area contributed by atoms with Crippen LogP contribution in [0.1, 0.15) is 226 Å². The molecule has 0 aromatic rings. The Hall–Kier alpha value is -3.61. The molecule has 14 nitrogen and oxygen atoms in total. The zero-order chi connectivity index (χ0) is 61.6. The molecule has 0 aromatic carbocycles. The molecule has 0 radical (unpaired) electrons. The monoisotopic (exact) mass is 1190 g/mol. The Bertz CT molecular complexity index is 1890. The van der Waals surface area contributed by atoms with E-state index in [1.54, 1.807) is 6.08 Å². The highest BCUT2D eigenvalue weighted by Gasteiger charge is 2.51. The molecule has 12 unspecified atom stereocenters. The Morgan fingerprint density at radius 1 is 0.435 bits per heavy atom. The van der Waals surface area contributed by atoms with Crippen molar-refractivity contribution in [3.63, 3.8) is 0 Å². The van der Waals surface area contributed by atoms with Gasteiger partial charge in [0.2, 0.25) is 5.91 Å². The maximum atomic E-state index is 13.3. The van der Waals surface area contributed by atoms with E-state index < -0.39 is 86.8 Å². The van der Waals surface area contributed by atoms with Crippen molar-refractivity contribution in [2.24, 2.45) is 0 Å². The van der Waals surface area contributed by atoms with Gasteiger partial charge in [-0.1, -0.05) is 251 Å². The van der Waals surface area contributed by atoms with Crippen LogP contribution in [0.3, 0.4) is 0 Å². The van der Waals surface area contributed by atoms with Crippen molar-refractivity contribution in [3.05, 3.63) is 122 Å². The van der Waals surface area contributed by atoms with E-state index in [2.05, 4.69) is 129 Å². The molecular formula is C71H119NO13. The molecule has 14 heteroatoms. The molecule has 2 aliphatic heterocycles. The van der Waals surface area contributed by atoms with Gasteiger partial charge in [-0.05, 0) is 89.9 Å². The highest BCUT2D eigenvalue weighted by atomic mass is 16.7. The van der Waals surface area contributed by atoms with E-state index in [9.17, 15) is 45.6 Å². The van der Waals surface area contributed by atoms with Gasteiger partial charge in [0.1, 0.15) is 48.8 Å². The Morgan fingerprint density at radius 2 is 0.812 bits per heavy atom. The van der Waals surface area contributed by atoms with Crippen LogP contribution in [0, 0.1) is 0 Å². The summed E-state index contributed by atoms with van der Waals surface area (Å²) in [7, 11) is 0. The third-order valence-electron chi connectivity index (χ3n) is 15.4. The smallest absolute Gasteiger partial charge is 0.220 e. The van der Waals surface area contributed by atoms with Crippen LogP contribution in [-0.2, 0) is 23.7 Å². The lowest BCUT2D eigenvalue weighted by Gasteiger charge is -2.46. The van der Waals surface area contributed by atoms with Crippen LogP contribution in [0.4, 0.5) is 0 Å². The Labute approximate surface area is 514 Å². The van der Waals surface area contributed by atoms with Crippen LogP contribution >= 0.6 is 0 Å². The van der Waals surface area contributed by atoms with Crippen LogP contribution in [-0.4, -0.2) is 140 Å². The van der Waals surface area contributed by atoms with Gasteiger partial charge in [-0.2, -0.15) is 0 Å². The van der Waals surface area contributed by atoms with Crippen LogP contribution in [0.5, 0.6) is 0 Å². The first-order chi connectivity index (χ1) is 41.6. The van der Waals surface area contributed by atoms with Crippen molar-refractivity contribution in [1.29, 1.82) is 0 Å². The molecule has 0 bridgehead atoms. The number of nitrogens with one attached hydrogen (secondary N) is 1. The van der Waals surface area contributed by atoms with E-state index in [-0.39, 0.29) is 18.9 Å². The summed E-state index contributed by atoms with van der Waals surface area (Å²) < 4.78 is 22.8. The van der Waals surface area contributed by atoms with E-state index in [1.165, 1.54) is 96.3 Å². The molecule has 2 heterocycles. The lowest BCUT2D eigenvalue weighted by molar-refractivity contribution is -0.359. The van der Waals surface area contributed by atoms with Crippen LogP contribution in [0.15, 0.2) is 122 Å². The minimum absolute atomic E-state index is 0.248. The SMILES string of the molecule is CC/C=C\C/C=C\C/C=C\C/C=C\C/C=C\C/C=C\C/C=C\C/C=C\C/C=C\CCCCCCCCCCCCCC(=O)NC(COC1OC(CO)C(OC2OC(CO)C(O)C(O)C2O)C(O)C1O)C(O)/C=C/CCCCCCCCCCCC. The highest BCUT2D eigenvalue weighted by molar-refractivity contribution is 5.76. The molecule has 486 valence electrons. The molecule has 2 aliphatic rings. The first kappa shape index (κ1) is 77.5. The lowest BCUT2D eigenvalue weighted by Crippen LogP contribution is -2.65. The summed E-state index contributed by atoms with van der Waals surface area (Å²) in [4.78, 5) is 13.3. The topological polar surface area (TPSA) is 228 Å². The van der Waals surface area contributed by atoms with Crippen molar-refractivity contribution >= 4 is 5.91 Å². The molecule has 12 atom stereocenters. The maximum absolute atomic E-state index is 13.3. The van der Waals surface area contributed by atoms with Gasteiger partial charge < -0.3 is 65.1 Å². The van der Waals surface area contributed by atoms with Crippen molar-refractivity contribution in [3.8, 4) is 0 Å². The first-order valence-corrected chi connectivity index (χ1v) is 33.3.